The lowest BCUT2D eigenvalue weighted by Crippen LogP contribution is -2.13. The maximum Gasteiger partial charge on any atom is 0.212 e. The van der Waals surface area contributed by atoms with Gasteiger partial charge in [-0.2, -0.15) is 9.78 Å². The van der Waals surface area contributed by atoms with Gasteiger partial charge in [0.1, 0.15) is 0 Å². The largest absolute Gasteiger partial charge is 0.212 e. The molecule has 1 aliphatic rings. The minimum Gasteiger partial charge on any atom is -0.187 e. The molecule has 4 rings (SSSR count). The Balaban J connectivity index is 1.79. The SMILES string of the molecule is Clc1ccc(-c2nnc3n2N=C(c2cccc(Cl)c2)CS3)cc1. The number of fused-ring (bicyclic) bond motifs is 1. The van der Waals surface area contributed by atoms with E-state index in [1.54, 1.807) is 16.4 Å². The monoisotopic (exact) mass is 360 g/mol. The van der Waals surface area contributed by atoms with Crippen molar-refractivity contribution in [3.63, 3.8) is 0 Å². The summed E-state index contributed by atoms with van der Waals surface area (Å²) in [6.45, 7) is 0. The summed E-state index contributed by atoms with van der Waals surface area (Å²) >= 11 is 13.6. The molecule has 0 radical (unpaired) electrons. The Morgan fingerprint density at radius 1 is 0.913 bits per heavy atom. The highest BCUT2D eigenvalue weighted by Gasteiger charge is 2.20. The van der Waals surface area contributed by atoms with Crippen LogP contribution in [0.4, 0.5) is 0 Å². The molecule has 23 heavy (non-hydrogen) atoms. The van der Waals surface area contributed by atoms with E-state index in [-0.39, 0.29) is 0 Å². The zero-order valence-electron chi connectivity index (χ0n) is 11.8. The fourth-order valence-corrected chi connectivity index (χ4v) is 3.47. The van der Waals surface area contributed by atoms with Crippen molar-refractivity contribution in [1.82, 2.24) is 14.9 Å². The van der Waals surface area contributed by atoms with Crippen molar-refractivity contribution in [2.45, 2.75) is 5.16 Å². The number of thioether (sulfide) groups is 1. The van der Waals surface area contributed by atoms with E-state index in [1.165, 1.54) is 0 Å². The second-order valence-electron chi connectivity index (χ2n) is 4.97. The smallest absolute Gasteiger partial charge is 0.187 e. The molecular weight excluding hydrogens is 351 g/mol. The summed E-state index contributed by atoms with van der Waals surface area (Å²) in [5, 5.41) is 15.3. The second-order valence-corrected chi connectivity index (χ2v) is 6.79. The van der Waals surface area contributed by atoms with Crippen LogP contribution in [-0.4, -0.2) is 26.3 Å². The van der Waals surface area contributed by atoms with Crippen LogP contribution in [0.3, 0.4) is 0 Å². The van der Waals surface area contributed by atoms with Gasteiger partial charge >= 0.3 is 0 Å². The van der Waals surface area contributed by atoms with Crippen molar-refractivity contribution >= 4 is 40.7 Å². The van der Waals surface area contributed by atoms with Gasteiger partial charge in [0.05, 0.1) is 5.71 Å². The molecule has 0 N–H and O–H groups in total. The van der Waals surface area contributed by atoms with Crippen LogP contribution in [0.25, 0.3) is 11.4 Å². The molecule has 0 unspecified atom stereocenters. The normalized spacial score (nSPS) is 13.6. The lowest BCUT2D eigenvalue weighted by Gasteiger charge is -2.14. The Morgan fingerprint density at radius 2 is 1.74 bits per heavy atom. The van der Waals surface area contributed by atoms with Gasteiger partial charge in [0.25, 0.3) is 0 Å². The first-order valence-corrected chi connectivity index (χ1v) is 8.63. The van der Waals surface area contributed by atoms with E-state index in [1.807, 2.05) is 48.5 Å². The maximum atomic E-state index is 6.08. The quantitative estimate of drug-likeness (QED) is 0.670. The zero-order valence-corrected chi connectivity index (χ0v) is 14.1. The molecule has 7 heteroatoms. The van der Waals surface area contributed by atoms with Crippen molar-refractivity contribution in [2.75, 3.05) is 5.75 Å². The van der Waals surface area contributed by atoms with Crippen LogP contribution in [0.1, 0.15) is 5.56 Å². The van der Waals surface area contributed by atoms with Crippen LogP contribution in [0.2, 0.25) is 10.0 Å². The Bertz CT molecular complexity index is 903. The van der Waals surface area contributed by atoms with Gasteiger partial charge in [-0.05, 0) is 36.4 Å². The molecule has 0 bridgehead atoms. The van der Waals surface area contributed by atoms with Crippen LogP contribution in [0, 0.1) is 0 Å². The molecule has 114 valence electrons. The second kappa shape index (κ2) is 6.00. The number of nitrogens with zero attached hydrogens (tertiary/aromatic N) is 4. The number of benzene rings is 2. The van der Waals surface area contributed by atoms with Gasteiger partial charge in [0, 0.05) is 26.9 Å². The Kier molecular flexibility index (Phi) is 3.85. The molecule has 3 aromatic rings. The van der Waals surface area contributed by atoms with Crippen LogP contribution < -0.4 is 0 Å². The molecule has 1 aliphatic heterocycles. The predicted molar refractivity (Wildman–Crippen MR) is 94.6 cm³/mol. The van der Waals surface area contributed by atoms with Gasteiger partial charge in [0.2, 0.25) is 5.16 Å². The topological polar surface area (TPSA) is 43.1 Å². The third-order valence-corrected chi connectivity index (χ3v) is 4.85. The fourth-order valence-electron chi connectivity index (χ4n) is 2.32. The molecule has 0 spiro atoms. The summed E-state index contributed by atoms with van der Waals surface area (Å²) in [6.07, 6.45) is 0. The Hall–Kier alpha value is -1.82. The average Bonchev–Trinajstić information content (AvgIpc) is 2.99. The van der Waals surface area contributed by atoms with Gasteiger partial charge < -0.3 is 0 Å². The van der Waals surface area contributed by atoms with Crippen molar-refractivity contribution in [1.29, 1.82) is 0 Å². The summed E-state index contributed by atoms with van der Waals surface area (Å²) in [7, 11) is 0. The molecule has 1 aromatic heterocycles. The number of rotatable bonds is 2. The number of aromatic nitrogens is 3. The van der Waals surface area contributed by atoms with E-state index in [0.29, 0.717) is 15.9 Å². The van der Waals surface area contributed by atoms with E-state index >= 15 is 0 Å². The third kappa shape index (κ3) is 2.87. The molecule has 0 aliphatic carbocycles. The maximum absolute atomic E-state index is 6.08. The van der Waals surface area contributed by atoms with Gasteiger partial charge in [-0.1, -0.05) is 47.1 Å². The number of hydrogen-bond acceptors (Lipinski definition) is 4. The van der Waals surface area contributed by atoms with E-state index < -0.39 is 0 Å². The predicted octanol–water partition coefficient (Wildman–Crippen LogP) is 4.61. The van der Waals surface area contributed by atoms with Gasteiger partial charge in [-0.3, -0.25) is 0 Å². The van der Waals surface area contributed by atoms with E-state index in [9.17, 15) is 0 Å². The number of halogens is 2. The van der Waals surface area contributed by atoms with E-state index in [0.717, 1.165) is 27.7 Å². The van der Waals surface area contributed by atoms with Crippen LogP contribution >= 0.6 is 35.0 Å². The van der Waals surface area contributed by atoms with Crippen LogP contribution in [0.15, 0.2) is 58.8 Å². The lowest BCUT2D eigenvalue weighted by molar-refractivity contribution is 0.762. The molecule has 4 nitrogen and oxygen atoms in total. The molecule has 0 atom stereocenters. The molecule has 2 aromatic carbocycles. The van der Waals surface area contributed by atoms with Gasteiger partial charge in [-0.25, -0.2) is 0 Å². The van der Waals surface area contributed by atoms with E-state index in [2.05, 4.69) is 10.2 Å². The number of hydrogen-bond donors (Lipinski definition) is 0. The minimum atomic E-state index is 0.685. The van der Waals surface area contributed by atoms with Crippen LogP contribution in [-0.2, 0) is 0 Å². The molecule has 0 saturated heterocycles. The first-order chi connectivity index (χ1) is 11.2. The first-order valence-electron chi connectivity index (χ1n) is 6.89. The fraction of sp³-hybridized carbons (Fsp3) is 0.0625. The van der Waals surface area contributed by atoms with Crippen LogP contribution in [0.5, 0.6) is 0 Å². The Morgan fingerprint density at radius 3 is 2.52 bits per heavy atom. The molecular formula is C16H10Cl2N4S. The van der Waals surface area contributed by atoms with Crippen molar-refractivity contribution in [2.24, 2.45) is 5.10 Å². The summed E-state index contributed by atoms with van der Waals surface area (Å²) in [6, 6.07) is 15.2. The minimum absolute atomic E-state index is 0.685. The van der Waals surface area contributed by atoms with Gasteiger partial charge in [-0.15, -0.1) is 10.2 Å². The third-order valence-electron chi connectivity index (χ3n) is 3.43. The van der Waals surface area contributed by atoms with Gasteiger partial charge in [0.15, 0.2) is 5.82 Å². The molecule has 2 heterocycles. The van der Waals surface area contributed by atoms with Crippen molar-refractivity contribution in [3.05, 3.63) is 64.1 Å². The summed E-state index contributed by atoms with van der Waals surface area (Å²) in [4.78, 5) is 0. The standard InChI is InChI=1S/C16H10Cl2N4S/c17-12-6-4-10(5-7-12)15-19-20-16-22(15)21-14(9-23-16)11-2-1-3-13(18)8-11/h1-8H,9H2. The Labute approximate surface area is 147 Å². The molecule has 0 saturated carbocycles. The average molecular weight is 361 g/mol. The van der Waals surface area contributed by atoms with Crippen molar-refractivity contribution < 1.29 is 0 Å². The first kappa shape index (κ1) is 14.8. The lowest BCUT2D eigenvalue weighted by atomic mass is 10.1. The highest BCUT2D eigenvalue weighted by molar-refractivity contribution is 7.99. The highest BCUT2D eigenvalue weighted by atomic mass is 35.5. The van der Waals surface area contributed by atoms with E-state index in [4.69, 9.17) is 28.3 Å². The molecule has 0 fully saturated rings. The molecule has 0 amide bonds. The summed E-state index contributed by atoms with van der Waals surface area (Å²) in [5.74, 6) is 1.43. The zero-order chi connectivity index (χ0) is 15.8. The van der Waals surface area contributed by atoms with Crippen molar-refractivity contribution in [3.8, 4) is 11.4 Å². The highest BCUT2D eigenvalue weighted by Crippen LogP contribution is 2.29. The summed E-state index contributed by atoms with van der Waals surface area (Å²) < 4.78 is 1.77. The summed E-state index contributed by atoms with van der Waals surface area (Å²) in [5.41, 5.74) is 2.87.